The summed E-state index contributed by atoms with van der Waals surface area (Å²) in [5.74, 6) is -1.08. The largest absolute Gasteiger partial charge is 0.502 e. The number of carboxylic acid groups (broad SMARTS) is 1. The first-order valence-electron chi connectivity index (χ1n) is 5.42. The fourth-order valence-electron chi connectivity index (χ4n) is 1.31. The second-order valence-corrected chi connectivity index (χ2v) is 3.65. The molecule has 0 aliphatic heterocycles. The minimum absolute atomic E-state index is 0.476. The van der Waals surface area contributed by atoms with Gasteiger partial charge < -0.3 is 14.9 Å². The van der Waals surface area contributed by atoms with E-state index in [2.05, 4.69) is 0 Å². The normalized spacial score (nSPS) is 11.2. The summed E-state index contributed by atoms with van der Waals surface area (Å²) in [4.78, 5) is 10.3. The maximum Gasteiger partial charge on any atom is 0.370 e. The number of carboxylic acids is 1. The smallest absolute Gasteiger partial charge is 0.370 e. The van der Waals surface area contributed by atoms with Gasteiger partial charge in [0.2, 0.25) is 0 Å². The molecule has 0 aromatic heterocycles. The number of ether oxygens (including phenoxy) is 1. The molecule has 1 aromatic rings. The number of aliphatic hydroxyl groups excluding tert-OH is 1. The average Bonchev–Trinajstić information content (AvgIpc) is 2.30. The van der Waals surface area contributed by atoms with Gasteiger partial charge in [-0.15, -0.1) is 0 Å². The van der Waals surface area contributed by atoms with E-state index in [4.69, 9.17) is 14.9 Å². The highest BCUT2D eigenvalue weighted by atomic mass is 16.5. The van der Waals surface area contributed by atoms with Crippen molar-refractivity contribution < 1.29 is 19.7 Å². The monoisotopic (exact) mass is 236 g/mol. The molecular weight excluding hydrogens is 220 g/mol. The van der Waals surface area contributed by atoms with Gasteiger partial charge in [0.15, 0.2) is 5.76 Å². The average molecular weight is 236 g/mol. The third-order valence-electron chi connectivity index (χ3n) is 2.26. The van der Waals surface area contributed by atoms with Gasteiger partial charge in [0, 0.05) is 0 Å². The first-order chi connectivity index (χ1) is 8.11. The van der Waals surface area contributed by atoms with E-state index in [0.29, 0.717) is 19.4 Å². The Hall–Kier alpha value is -1.97. The van der Waals surface area contributed by atoms with Crippen molar-refractivity contribution in [2.24, 2.45) is 0 Å². The van der Waals surface area contributed by atoms with Gasteiger partial charge in [0.1, 0.15) is 5.75 Å². The van der Waals surface area contributed by atoms with Crippen molar-refractivity contribution in [3.05, 3.63) is 41.7 Å². The van der Waals surface area contributed by atoms with Crippen LogP contribution in [0.2, 0.25) is 0 Å². The van der Waals surface area contributed by atoms with Gasteiger partial charge in [-0.1, -0.05) is 18.2 Å². The molecule has 4 heteroatoms. The molecule has 0 amide bonds. The summed E-state index contributed by atoms with van der Waals surface area (Å²) in [7, 11) is 0. The standard InChI is InChI=1S/C13H16O4/c1-10-6-2-3-8-12(10)17-9-5-4-7-11(14)13(15)16/h2-3,6-8,14H,4-5,9H2,1H3,(H,15,16). The molecule has 1 rings (SSSR count). The van der Waals surface area contributed by atoms with E-state index in [1.165, 1.54) is 6.08 Å². The number of hydrogen-bond acceptors (Lipinski definition) is 3. The molecule has 1 aromatic carbocycles. The zero-order valence-corrected chi connectivity index (χ0v) is 9.72. The van der Waals surface area contributed by atoms with Crippen molar-refractivity contribution in [2.45, 2.75) is 19.8 Å². The Morgan fingerprint density at radius 2 is 2.06 bits per heavy atom. The van der Waals surface area contributed by atoms with Crippen molar-refractivity contribution in [3.8, 4) is 5.75 Å². The summed E-state index contributed by atoms with van der Waals surface area (Å²) >= 11 is 0. The molecule has 0 fully saturated rings. The highest BCUT2D eigenvalue weighted by Crippen LogP contribution is 2.16. The summed E-state index contributed by atoms with van der Waals surface area (Å²) in [6.45, 7) is 2.46. The molecule has 0 aliphatic carbocycles. The number of aliphatic carboxylic acids is 1. The summed E-state index contributed by atoms with van der Waals surface area (Å²) in [5.41, 5.74) is 1.07. The second kappa shape index (κ2) is 6.58. The fraction of sp³-hybridized carbons (Fsp3) is 0.308. The Morgan fingerprint density at radius 3 is 2.71 bits per heavy atom. The van der Waals surface area contributed by atoms with Gasteiger partial charge >= 0.3 is 5.97 Å². The second-order valence-electron chi connectivity index (χ2n) is 3.65. The highest BCUT2D eigenvalue weighted by molar-refractivity contribution is 5.83. The van der Waals surface area contributed by atoms with Gasteiger partial charge in [-0.3, -0.25) is 0 Å². The molecule has 0 saturated heterocycles. The zero-order chi connectivity index (χ0) is 12.7. The number of aryl methyl sites for hydroxylation is 1. The van der Waals surface area contributed by atoms with Crippen LogP contribution in [0.4, 0.5) is 0 Å². The first-order valence-corrected chi connectivity index (χ1v) is 5.42. The molecule has 0 aliphatic rings. The molecule has 92 valence electrons. The van der Waals surface area contributed by atoms with Crippen LogP contribution in [0.3, 0.4) is 0 Å². The Labute approximate surface area is 100 Å². The Kier molecular flexibility index (Phi) is 5.07. The van der Waals surface area contributed by atoms with E-state index in [1.54, 1.807) is 0 Å². The van der Waals surface area contributed by atoms with Crippen LogP contribution < -0.4 is 4.74 Å². The first kappa shape index (κ1) is 13.1. The third kappa shape index (κ3) is 4.59. The third-order valence-corrected chi connectivity index (χ3v) is 2.26. The number of allylic oxidation sites excluding steroid dienone is 1. The Morgan fingerprint density at radius 1 is 1.35 bits per heavy atom. The van der Waals surface area contributed by atoms with E-state index in [1.807, 2.05) is 31.2 Å². The van der Waals surface area contributed by atoms with Crippen LogP contribution in [0, 0.1) is 6.92 Å². The topological polar surface area (TPSA) is 66.8 Å². The van der Waals surface area contributed by atoms with E-state index < -0.39 is 11.7 Å². The zero-order valence-electron chi connectivity index (χ0n) is 9.72. The number of benzene rings is 1. The predicted octanol–water partition coefficient (Wildman–Crippen LogP) is 2.68. The van der Waals surface area contributed by atoms with Crippen LogP contribution >= 0.6 is 0 Å². The number of unbranched alkanes of at least 4 members (excludes halogenated alkanes) is 1. The summed E-state index contributed by atoms with van der Waals surface area (Å²) in [6, 6.07) is 7.69. The van der Waals surface area contributed by atoms with Gasteiger partial charge in [-0.05, 0) is 37.5 Å². The molecular formula is C13H16O4. The molecule has 0 atom stereocenters. The van der Waals surface area contributed by atoms with Crippen molar-refractivity contribution >= 4 is 5.97 Å². The summed E-state index contributed by atoms with van der Waals surface area (Å²) in [5, 5.41) is 17.3. The molecule has 0 spiro atoms. The number of aliphatic hydroxyl groups is 1. The van der Waals surface area contributed by atoms with E-state index in [-0.39, 0.29) is 0 Å². The minimum Gasteiger partial charge on any atom is -0.502 e. The molecule has 0 unspecified atom stereocenters. The summed E-state index contributed by atoms with van der Waals surface area (Å²) in [6.07, 6.45) is 2.42. The van der Waals surface area contributed by atoms with Crippen molar-refractivity contribution in [1.29, 1.82) is 0 Å². The molecule has 2 N–H and O–H groups in total. The molecule has 0 bridgehead atoms. The van der Waals surface area contributed by atoms with Crippen LogP contribution in [-0.2, 0) is 4.79 Å². The van der Waals surface area contributed by atoms with Crippen molar-refractivity contribution in [3.63, 3.8) is 0 Å². The molecule has 17 heavy (non-hydrogen) atoms. The summed E-state index contributed by atoms with van der Waals surface area (Å²) < 4.78 is 5.52. The fourth-order valence-corrected chi connectivity index (χ4v) is 1.31. The molecule has 4 nitrogen and oxygen atoms in total. The maximum atomic E-state index is 10.3. The predicted molar refractivity (Wildman–Crippen MR) is 64.3 cm³/mol. The number of para-hydroxylation sites is 1. The van der Waals surface area contributed by atoms with Crippen LogP contribution in [0.15, 0.2) is 36.1 Å². The van der Waals surface area contributed by atoms with Crippen LogP contribution in [-0.4, -0.2) is 22.8 Å². The van der Waals surface area contributed by atoms with Gasteiger partial charge in [-0.25, -0.2) is 4.79 Å². The lowest BCUT2D eigenvalue weighted by Crippen LogP contribution is -2.01. The molecule has 0 radical (unpaired) electrons. The van der Waals surface area contributed by atoms with Gasteiger partial charge in [0.05, 0.1) is 6.61 Å². The van der Waals surface area contributed by atoms with Gasteiger partial charge in [-0.2, -0.15) is 0 Å². The minimum atomic E-state index is -1.30. The van der Waals surface area contributed by atoms with Crippen LogP contribution in [0.25, 0.3) is 0 Å². The lowest BCUT2D eigenvalue weighted by atomic mass is 10.2. The van der Waals surface area contributed by atoms with Gasteiger partial charge in [0.25, 0.3) is 0 Å². The van der Waals surface area contributed by atoms with E-state index in [9.17, 15) is 4.79 Å². The Bertz CT molecular complexity index is 410. The number of carbonyl (C=O) groups is 1. The molecule has 0 heterocycles. The SMILES string of the molecule is Cc1ccccc1OCCCC=C(O)C(=O)O. The van der Waals surface area contributed by atoms with Crippen LogP contribution in [0.5, 0.6) is 5.75 Å². The number of rotatable bonds is 6. The highest BCUT2D eigenvalue weighted by Gasteiger charge is 2.02. The lowest BCUT2D eigenvalue weighted by molar-refractivity contribution is -0.135. The van der Waals surface area contributed by atoms with E-state index in [0.717, 1.165) is 11.3 Å². The van der Waals surface area contributed by atoms with Crippen molar-refractivity contribution in [1.82, 2.24) is 0 Å². The molecule has 0 saturated carbocycles. The van der Waals surface area contributed by atoms with E-state index >= 15 is 0 Å². The number of hydrogen-bond donors (Lipinski definition) is 2. The lowest BCUT2D eigenvalue weighted by Gasteiger charge is -2.07. The van der Waals surface area contributed by atoms with Crippen molar-refractivity contribution in [2.75, 3.05) is 6.61 Å². The van der Waals surface area contributed by atoms with Crippen LogP contribution in [0.1, 0.15) is 18.4 Å². The maximum absolute atomic E-state index is 10.3. The Balaban J connectivity index is 2.28. The quantitative estimate of drug-likeness (QED) is 0.452.